The normalized spacial score (nSPS) is 25.9. The Morgan fingerprint density at radius 2 is 1.50 bits per heavy atom. The van der Waals surface area contributed by atoms with E-state index in [2.05, 4.69) is 6.92 Å². The first-order valence-electron chi connectivity index (χ1n) is 7.52. The van der Waals surface area contributed by atoms with Crippen molar-refractivity contribution < 1.29 is 5.11 Å². The van der Waals surface area contributed by atoms with Crippen LogP contribution in [0, 0.1) is 5.92 Å². The maximum absolute atomic E-state index is 9.84. The fourth-order valence-electron chi connectivity index (χ4n) is 2.89. The van der Waals surface area contributed by atoms with Crippen LogP contribution >= 0.6 is 0 Å². The molecule has 96 valence electrons. The maximum Gasteiger partial charge on any atom is 0.0568 e. The van der Waals surface area contributed by atoms with Crippen LogP contribution in [0.3, 0.4) is 0 Å². The minimum atomic E-state index is 0.0221. The number of hydrogen-bond acceptors (Lipinski definition) is 1. The summed E-state index contributed by atoms with van der Waals surface area (Å²) in [4.78, 5) is 0. The van der Waals surface area contributed by atoms with E-state index in [0.29, 0.717) is 5.92 Å². The highest BCUT2D eigenvalue weighted by molar-refractivity contribution is 4.74. The molecule has 16 heavy (non-hydrogen) atoms. The van der Waals surface area contributed by atoms with Gasteiger partial charge in [-0.2, -0.15) is 0 Å². The molecule has 1 saturated carbocycles. The predicted octanol–water partition coefficient (Wildman–Crippen LogP) is 4.68. The average Bonchev–Trinajstić information content (AvgIpc) is 2.30. The molecule has 0 aromatic rings. The maximum atomic E-state index is 9.84. The van der Waals surface area contributed by atoms with Crippen molar-refractivity contribution in [2.45, 2.75) is 90.1 Å². The Morgan fingerprint density at radius 1 is 0.875 bits per heavy atom. The van der Waals surface area contributed by atoms with E-state index in [4.69, 9.17) is 0 Å². The van der Waals surface area contributed by atoms with E-state index < -0.39 is 0 Å². The molecule has 1 aliphatic rings. The Morgan fingerprint density at radius 3 is 2.19 bits per heavy atom. The molecule has 1 heteroatoms. The van der Waals surface area contributed by atoms with Crippen LogP contribution < -0.4 is 0 Å². The summed E-state index contributed by atoms with van der Waals surface area (Å²) in [6, 6.07) is 0. The van der Waals surface area contributed by atoms with Gasteiger partial charge >= 0.3 is 0 Å². The molecule has 1 aliphatic carbocycles. The smallest absolute Gasteiger partial charge is 0.0568 e. The first-order chi connectivity index (χ1) is 7.84. The lowest BCUT2D eigenvalue weighted by Crippen LogP contribution is -2.24. The quantitative estimate of drug-likeness (QED) is 0.596. The zero-order valence-corrected chi connectivity index (χ0v) is 11.1. The summed E-state index contributed by atoms with van der Waals surface area (Å²) in [5, 5.41) is 9.84. The van der Waals surface area contributed by atoms with Gasteiger partial charge in [0.2, 0.25) is 0 Å². The summed E-state index contributed by atoms with van der Waals surface area (Å²) in [5.74, 6) is 0.629. The predicted molar refractivity (Wildman–Crippen MR) is 70.6 cm³/mol. The molecule has 0 spiro atoms. The molecular weight excluding hydrogens is 196 g/mol. The minimum absolute atomic E-state index is 0.0221. The van der Waals surface area contributed by atoms with Crippen LogP contribution in [0.4, 0.5) is 0 Å². The van der Waals surface area contributed by atoms with Crippen LogP contribution in [0.1, 0.15) is 84.0 Å². The molecule has 0 saturated heterocycles. The summed E-state index contributed by atoms with van der Waals surface area (Å²) < 4.78 is 0. The van der Waals surface area contributed by atoms with Crippen molar-refractivity contribution in [1.29, 1.82) is 0 Å². The molecule has 0 aromatic carbocycles. The van der Waals surface area contributed by atoms with Gasteiger partial charge in [-0.05, 0) is 25.2 Å². The summed E-state index contributed by atoms with van der Waals surface area (Å²) in [5.41, 5.74) is 0. The Labute approximate surface area is 102 Å². The van der Waals surface area contributed by atoms with E-state index in [1.54, 1.807) is 0 Å². The minimum Gasteiger partial charge on any atom is -0.393 e. The van der Waals surface area contributed by atoms with Crippen LogP contribution in [-0.2, 0) is 0 Å². The van der Waals surface area contributed by atoms with Crippen molar-refractivity contribution in [2.24, 2.45) is 5.92 Å². The molecule has 1 N–H and O–H groups in total. The molecule has 2 atom stereocenters. The van der Waals surface area contributed by atoms with Gasteiger partial charge in [0.1, 0.15) is 0 Å². The zero-order valence-electron chi connectivity index (χ0n) is 11.1. The summed E-state index contributed by atoms with van der Waals surface area (Å²) >= 11 is 0. The molecule has 0 aliphatic heterocycles. The molecule has 2 unspecified atom stereocenters. The molecule has 1 nitrogen and oxygen atoms in total. The SMILES string of the molecule is CCCCCCCCCC1CCCCC1O. The second kappa shape index (κ2) is 9.04. The monoisotopic (exact) mass is 226 g/mol. The Kier molecular flexibility index (Phi) is 7.92. The van der Waals surface area contributed by atoms with Crippen LogP contribution in [0.2, 0.25) is 0 Å². The van der Waals surface area contributed by atoms with Gasteiger partial charge in [0.25, 0.3) is 0 Å². The number of rotatable bonds is 8. The van der Waals surface area contributed by atoms with Crippen molar-refractivity contribution in [1.82, 2.24) is 0 Å². The summed E-state index contributed by atoms with van der Waals surface area (Å²) in [6.45, 7) is 2.27. The zero-order chi connectivity index (χ0) is 11.6. The van der Waals surface area contributed by atoms with Crippen molar-refractivity contribution in [3.05, 3.63) is 0 Å². The Bertz CT molecular complexity index is 156. The van der Waals surface area contributed by atoms with Gasteiger partial charge in [0.05, 0.1) is 6.10 Å². The summed E-state index contributed by atoms with van der Waals surface area (Å²) in [6.07, 6.45) is 15.9. The lowest BCUT2D eigenvalue weighted by molar-refractivity contribution is 0.0639. The van der Waals surface area contributed by atoms with Crippen LogP contribution in [0.15, 0.2) is 0 Å². The molecule has 0 aromatic heterocycles. The third-order valence-corrected chi connectivity index (χ3v) is 4.05. The Hall–Kier alpha value is -0.0400. The third-order valence-electron chi connectivity index (χ3n) is 4.05. The Balaban J connectivity index is 1.90. The van der Waals surface area contributed by atoms with E-state index in [1.807, 2.05) is 0 Å². The highest BCUT2D eigenvalue weighted by atomic mass is 16.3. The first kappa shape index (κ1) is 14.0. The second-order valence-corrected chi connectivity index (χ2v) is 5.52. The molecular formula is C15H30O. The van der Waals surface area contributed by atoms with E-state index in [9.17, 15) is 5.11 Å². The van der Waals surface area contributed by atoms with Gasteiger partial charge in [0, 0.05) is 0 Å². The number of unbranched alkanes of at least 4 members (excludes halogenated alkanes) is 6. The number of aliphatic hydroxyl groups is 1. The van der Waals surface area contributed by atoms with Gasteiger partial charge < -0.3 is 5.11 Å². The fraction of sp³-hybridized carbons (Fsp3) is 1.00. The molecule has 1 fully saturated rings. The van der Waals surface area contributed by atoms with E-state index in [-0.39, 0.29) is 6.10 Å². The molecule has 0 radical (unpaired) electrons. The van der Waals surface area contributed by atoms with Gasteiger partial charge in [0.15, 0.2) is 0 Å². The number of hydrogen-bond donors (Lipinski definition) is 1. The number of aliphatic hydroxyl groups excluding tert-OH is 1. The van der Waals surface area contributed by atoms with Gasteiger partial charge in [-0.15, -0.1) is 0 Å². The van der Waals surface area contributed by atoms with Crippen molar-refractivity contribution in [3.63, 3.8) is 0 Å². The molecule has 0 bridgehead atoms. The molecule has 0 heterocycles. The average molecular weight is 226 g/mol. The van der Waals surface area contributed by atoms with E-state index in [0.717, 1.165) is 6.42 Å². The standard InChI is InChI=1S/C15H30O/c1-2-3-4-5-6-7-8-11-14-12-9-10-13-15(14)16/h14-16H,2-13H2,1H3. The summed E-state index contributed by atoms with van der Waals surface area (Å²) in [7, 11) is 0. The highest BCUT2D eigenvalue weighted by Gasteiger charge is 2.21. The van der Waals surface area contributed by atoms with Gasteiger partial charge in [-0.1, -0.05) is 64.7 Å². The second-order valence-electron chi connectivity index (χ2n) is 5.52. The van der Waals surface area contributed by atoms with Crippen LogP contribution in [0.25, 0.3) is 0 Å². The van der Waals surface area contributed by atoms with E-state index in [1.165, 1.54) is 70.6 Å². The topological polar surface area (TPSA) is 20.2 Å². The van der Waals surface area contributed by atoms with Gasteiger partial charge in [-0.3, -0.25) is 0 Å². The van der Waals surface area contributed by atoms with Crippen molar-refractivity contribution >= 4 is 0 Å². The first-order valence-corrected chi connectivity index (χ1v) is 7.52. The van der Waals surface area contributed by atoms with Crippen LogP contribution in [-0.4, -0.2) is 11.2 Å². The largest absolute Gasteiger partial charge is 0.393 e. The van der Waals surface area contributed by atoms with Crippen molar-refractivity contribution in [3.8, 4) is 0 Å². The van der Waals surface area contributed by atoms with Crippen LogP contribution in [0.5, 0.6) is 0 Å². The van der Waals surface area contributed by atoms with Gasteiger partial charge in [-0.25, -0.2) is 0 Å². The molecule has 0 amide bonds. The third kappa shape index (κ3) is 5.89. The lowest BCUT2D eigenvalue weighted by atomic mass is 9.83. The van der Waals surface area contributed by atoms with Crippen molar-refractivity contribution in [2.75, 3.05) is 0 Å². The highest BCUT2D eigenvalue weighted by Crippen LogP contribution is 2.28. The lowest BCUT2D eigenvalue weighted by Gasteiger charge is -2.27. The van der Waals surface area contributed by atoms with E-state index >= 15 is 0 Å². The fourth-order valence-corrected chi connectivity index (χ4v) is 2.89. The molecule has 1 rings (SSSR count).